The number of H-pyrrole nitrogens is 1. The maximum Gasteiger partial charge on any atom is 0.328 e. The fourth-order valence-corrected chi connectivity index (χ4v) is 2.44. The van der Waals surface area contributed by atoms with Gasteiger partial charge >= 0.3 is 5.69 Å². The monoisotopic (exact) mass is 330 g/mol. The molecule has 0 atom stereocenters. The number of nitrogens with zero attached hydrogens (tertiary/aromatic N) is 3. The first kappa shape index (κ1) is 16.1. The van der Waals surface area contributed by atoms with Crippen molar-refractivity contribution in [2.45, 2.75) is 13.0 Å². The van der Waals surface area contributed by atoms with Gasteiger partial charge in [0.25, 0.3) is 0 Å². The molecule has 0 aliphatic heterocycles. The standard InChI is InChI=1S/C16H19FN6O/c1-18-7-4-8-19-15-20-9-13-14(22-15)23(16(24)21-13)10-11-5-2-3-6-12(11)17/h2-3,5-6,9,18H,4,7-8,10H2,1H3,(H,21,24)(H,19,20,22). The molecule has 0 saturated carbocycles. The average Bonchev–Trinajstić information content (AvgIpc) is 2.89. The molecule has 0 spiro atoms. The van der Waals surface area contributed by atoms with Gasteiger partial charge in [0.1, 0.15) is 11.3 Å². The summed E-state index contributed by atoms with van der Waals surface area (Å²) < 4.78 is 15.3. The van der Waals surface area contributed by atoms with Gasteiger partial charge in [0.05, 0.1) is 12.7 Å². The van der Waals surface area contributed by atoms with Gasteiger partial charge in [0.15, 0.2) is 5.65 Å². The maximum absolute atomic E-state index is 13.9. The fourth-order valence-electron chi connectivity index (χ4n) is 2.44. The number of fused-ring (bicyclic) bond motifs is 1. The van der Waals surface area contributed by atoms with E-state index < -0.39 is 0 Å². The lowest BCUT2D eigenvalue weighted by Gasteiger charge is -2.06. The molecule has 0 unspecified atom stereocenters. The van der Waals surface area contributed by atoms with Crippen molar-refractivity contribution >= 4 is 17.1 Å². The highest BCUT2D eigenvalue weighted by molar-refractivity contribution is 5.71. The van der Waals surface area contributed by atoms with E-state index in [0.717, 1.165) is 13.0 Å². The van der Waals surface area contributed by atoms with Gasteiger partial charge in [-0.2, -0.15) is 4.98 Å². The summed E-state index contributed by atoms with van der Waals surface area (Å²) in [6, 6.07) is 6.38. The normalized spacial score (nSPS) is 11.1. The minimum Gasteiger partial charge on any atom is -0.354 e. The van der Waals surface area contributed by atoms with Crippen LogP contribution in [0.3, 0.4) is 0 Å². The van der Waals surface area contributed by atoms with Crippen LogP contribution in [0.25, 0.3) is 11.2 Å². The molecule has 0 aliphatic carbocycles. The highest BCUT2D eigenvalue weighted by atomic mass is 19.1. The first-order valence-electron chi connectivity index (χ1n) is 7.76. The van der Waals surface area contributed by atoms with Crippen LogP contribution < -0.4 is 16.3 Å². The van der Waals surface area contributed by atoms with E-state index in [9.17, 15) is 9.18 Å². The van der Waals surface area contributed by atoms with Crippen molar-refractivity contribution in [2.24, 2.45) is 0 Å². The summed E-state index contributed by atoms with van der Waals surface area (Å²) in [5.74, 6) is 0.0955. The number of benzene rings is 1. The van der Waals surface area contributed by atoms with E-state index in [1.807, 2.05) is 7.05 Å². The molecule has 0 fully saturated rings. The number of aromatic amines is 1. The van der Waals surface area contributed by atoms with Gasteiger partial charge in [-0.05, 0) is 26.1 Å². The number of anilines is 1. The molecule has 3 aromatic rings. The summed E-state index contributed by atoms with van der Waals surface area (Å²) in [6.45, 7) is 1.72. The summed E-state index contributed by atoms with van der Waals surface area (Å²) in [5.41, 5.74) is 1.07. The predicted octanol–water partition coefficient (Wildman–Crippen LogP) is 1.33. The molecule has 8 heteroatoms. The second-order valence-electron chi connectivity index (χ2n) is 5.42. The molecule has 2 heterocycles. The molecule has 3 rings (SSSR count). The zero-order valence-corrected chi connectivity index (χ0v) is 13.3. The number of imidazole rings is 1. The number of hydrogen-bond donors (Lipinski definition) is 3. The molecule has 0 amide bonds. The Kier molecular flexibility index (Phi) is 4.85. The highest BCUT2D eigenvalue weighted by Gasteiger charge is 2.12. The van der Waals surface area contributed by atoms with Crippen LogP contribution in [-0.4, -0.2) is 39.7 Å². The highest BCUT2D eigenvalue weighted by Crippen LogP contribution is 2.13. The SMILES string of the molecule is CNCCCNc1ncc2[nH]c(=O)n(Cc3ccccc3F)c2n1. The van der Waals surface area contributed by atoms with Crippen LogP contribution in [0.4, 0.5) is 10.3 Å². The van der Waals surface area contributed by atoms with E-state index in [0.29, 0.717) is 29.2 Å². The topological polar surface area (TPSA) is 87.6 Å². The molecule has 3 N–H and O–H groups in total. The van der Waals surface area contributed by atoms with Gasteiger partial charge in [0, 0.05) is 12.1 Å². The fraction of sp³-hybridized carbons (Fsp3) is 0.312. The number of rotatable bonds is 7. The third-order valence-corrected chi connectivity index (χ3v) is 3.68. The van der Waals surface area contributed by atoms with E-state index in [2.05, 4.69) is 25.6 Å². The van der Waals surface area contributed by atoms with E-state index >= 15 is 0 Å². The lowest BCUT2D eigenvalue weighted by atomic mass is 10.2. The summed E-state index contributed by atoms with van der Waals surface area (Å²) in [4.78, 5) is 23.4. The van der Waals surface area contributed by atoms with E-state index in [1.54, 1.807) is 24.4 Å². The van der Waals surface area contributed by atoms with Crippen molar-refractivity contribution in [1.82, 2.24) is 24.8 Å². The Balaban J connectivity index is 1.88. The predicted molar refractivity (Wildman–Crippen MR) is 90.7 cm³/mol. The van der Waals surface area contributed by atoms with Crippen LogP contribution in [-0.2, 0) is 6.54 Å². The largest absolute Gasteiger partial charge is 0.354 e. The van der Waals surface area contributed by atoms with Crippen molar-refractivity contribution in [3.63, 3.8) is 0 Å². The van der Waals surface area contributed by atoms with Crippen molar-refractivity contribution in [1.29, 1.82) is 0 Å². The summed E-state index contributed by atoms with van der Waals surface area (Å²) in [7, 11) is 1.89. The minimum absolute atomic E-state index is 0.113. The molecule has 0 saturated heterocycles. The number of halogens is 1. The quantitative estimate of drug-likeness (QED) is 0.569. The van der Waals surface area contributed by atoms with Crippen molar-refractivity contribution in [3.8, 4) is 0 Å². The van der Waals surface area contributed by atoms with Crippen molar-refractivity contribution < 1.29 is 4.39 Å². The van der Waals surface area contributed by atoms with Gasteiger partial charge in [-0.3, -0.25) is 4.57 Å². The maximum atomic E-state index is 13.9. The lowest BCUT2D eigenvalue weighted by Crippen LogP contribution is -2.18. The van der Waals surface area contributed by atoms with Crippen LogP contribution in [0.15, 0.2) is 35.3 Å². The first-order chi connectivity index (χ1) is 11.7. The molecule has 0 radical (unpaired) electrons. The third-order valence-electron chi connectivity index (χ3n) is 3.68. The van der Waals surface area contributed by atoms with E-state index in [-0.39, 0.29) is 18.1 Å². The Morgan fingerprint density at radius 1 is 1.29 bits per heavy atom. The van der Waals surface area contributed by atoms with Crippen molar-refractivity contribution in [2.75, 3.05) is 25.5 Å². The molecule has 24 heavy (non-hydrogen) atoms. The van der Waals surface area contributed by atoms with E-state index in [1.165, 1.54) is 10.6 Å². The average molecular weight is 330 g/mol. The van der Waals surface area contributed by atoms with Gasteiger partial charge < -0.3 is 15.6 Å². The molecule has 1 aromatic carbocycles. The van der Waals surface area contributed by atoms with Crippen LogP contribution in [0, 0.1) is 5.82 Å². The zero-order valence-electron chi connectivity index (χ0n) is 13.3. The molecule has 7 nitrogen and oxygen atoms in total. The van der Waals surface area contributed by atoms with Gasteiger partial charge in [-0.15, -0.1) is 0 Å². The third kappa shape index (κ3) is 3.43. The van der Waals surface area contributed by atoms with Crippen LogP contribution in [0.2, 0.25) is 0 Å². The molecule has 0 bridgehead atoms. The second-order valence-corrected chi connectivity index (χ2v) is 5.42. The summed E-state index contributed by atoms with van der Waals surface area (Å²) in [6.07, 6.45) is 2.48. The number of aromatic nitrogens is 4. The Morgan fingerprint density at radius 3 is 2.92 bits per heavy atom. The molecule has 2 aromatic heterocycles. The van der Waals surface area contributed by atoms with Gasteiger partial charge in [0.2, 0.25) is 5.95 Å². The Bertz CT molecular complexity index is 888. The van der Waals surface area contributed by atoms with Gasteiger partial charge in [-0.1, -0.05) is 18.2 Å². The number of nitrogens with one attached hydrogen (secondary N) is 3. The Morgan fingerprint density at radius 2 is 2.12 bits per heavy atom. The smallest absolute Gasteiger partial charge is 0.328 e. The second kappa shape index (κ2) is 7.22. The summed E-state index contributed by atoms with van der Waals surface area (Å²) >= 11 is 0. The molecular formula is C16H19FN6O. The van der Waals surface area contributed by atoms with Gasteiger partial charge in [-0.25, -0.2) is 14.2 Å². The molecule has 0 aliphatic rings. The molecule has 126 valence electrons. The Hall–Kier alpha value is -2.74. The summed E-state index contributed by atoms with van der Waals surface area (Å²) in [5, 5.41) is 6.18. The van der Waals surface area contributed by atoms with Crippen molar-refractivity contribution in [3.05, 3.63) is 52.3 Å². The van der Waals surface area contributed by atoms with Crippen LogP contribution in [0.1, 0.15) is 12.0 Å². The Labute approximate surface area is 137 Å². The van der Waals surface area contributed by atoms with Crippen LogP contribution >= 0.6 is 0 Å². The zero-order chi connectivity index (χ0) is 16.9. The lowest BCUT2D eigenvalue weighted by molar-refractivity contribution is 0.598. The first-order valence-corrected chi connectivity index (χ1v) is 7.76. The van der Waals surface area contributed by atoms with E-state index in [4.69, 9.17) is 0 Å². The van der Waals surface area contributed by atoms with Crippen LogP contribution in [0.5, 0.6) is 0 Å². The number of hydrogen-bond acceptors (Lipinski definition) is 5. The molecular weight excluding hydrogens is 311 g/mol. The minimum atomic E-state index is -0.349.